The largest absolute Gasteiger partial charge is 0.481 e. The molecule has 0 aromatic heterocycles. The van der Waals surface area contributed by atoms with Crippen molar-refractivity contribution < 1.29 is 19.8 Å². The Morgan fingerprint density at radius 1 is 1.42 bits per heavy atom. The van der Waals surface area contributed by atoms with E-state index in [1.165, 1.54) is 6.92 Å². The molecule has 1 unspecified atom stereocenters. The fourth-order valence-electron chi connectivity index (χ4n) is 1.58. The van der Waals surface area contributed by atoms with Gasteiger partial charge in [-0.2, -0.15) is 0 Å². The number of aryl methyl sites for hydroxylation is 1. The van der Waals surface area contributed by atoms with Crippen molar-refractivity contribution in [3.8, 4) is 0 Å². The Morgan fingerprint density at radius 3 is 2.63 bits per heavy atom. The zero-order valence-corrected chi connectivity index (χ0v) is 12.3. The third-order valence-corrected chi connectivity index (χ3v) is 3.65. The second-order valence-electron chi connectivity index (χ2n) is 4.69. The molecule has 0 aliphatic rings. The minimum atomic E-state index is -1.47. The maximum Gasteiger partial charge on any atom is 0.306 e. The zero-order chi connectivity index (χ0) is 14.6. The van der Waals surface area contributed by atoms with Crippen LogP contribution in [0.1, 0.15) is 29.3 Å². The van der Waals surface area contributed by atoms with Gasteiger partial charge in [0.1, 0.15) is 0 Å². The van der Waals surface area contributed by atoms with Gasteiger partial charge in [-0.05, 0) is 41.4 Å². The average molecular weight is 330 g/mol. The summed E-state index contributed by atoms with van der Waals surface area (Å²) in [6.07, 6.45) is -0.428. The molecule has 5 nitrogen and oxygen atoms in total. The Morgan fingerprint density at radius 2 is 2.05 bits per heavy atom. The van der Waals surface area contributed by atoms with Gasteiger partial charge < -0.3 is 15.5 Å². The quantitative estimate of drug-likeness (QED) is 0.767. The van der Waals surface area contributed by atoms with Gasteiger partial charge in [0.2, 0.25) is 0 Å². The summed E-state index contributed by atoms with van der Waals surface area (Å²) in [6, 6.07) is 5.27. The number of carbonyl (C=O) groups excluding carboxylic acids is 1. The van der Waals surface area contributed by atoms with Crippen molar-refractivity contribution in [1.29, 1.82) is 0 Å². The molecule has 104 valence electrons. The van der Waals surface area contributed by atoms with Crippen molar-refractivity contribution in [2.45, 2.75) is 25.9 Å². The highest BCUT2D eigenvalue weighted by molar-refractivity contribution is 9.10. The fourth-order valence-corrected chi connectivity index (χ4v) is 2.02. The highest BCUT2D eigenvalue weighted by Gasteiger charge is 2.25. The minimum Gasteiger partial charge on any atom is -0.481 e. The van der Waals surface area contributed by atoms with Crippen LogP contribution >= 0.6 is 15.9 Å². The monoisotopic (exact) mass is 329 g/mol. The summed E-state index contributed by atoms with van der Waals surface area (Å²) in [5.74, 6) is -1.47. The van der Waals surface area contributed by atoms with Crippen molar-refractivity contribution in [1.82, 2.24) is 5.32 Å². The maximum atomic E-state index is 12.0. The normalized spacial score (nSPS) is 13.7. The van der Waals surface area contributed by atoms with Crippen LogP contribution in [0, 0.1) is 6.92 Å². The van der Waals surface area contributed by atoms with Crippen LogP contribution in [0.2, 0.25) is 0 Å². The number of rotatable bonds is 5. The van der Waals surface area contributed by atoms with E-state index in [1.807, 2.05) is 13.0 Å². The summed E-state index contributed by atoms with van der Waals surface area (Å²) in [7, 11) is 0. The molecule has 0 saturated heterocycles. The van der Waals surface area contributed by atoms with Gasteiger partial charge in [0.15, 0.2) is 0 Å². The Bertz CT molecular complexity index is 499. The molecule has 0 saturated carbocycles. The van der Waals surface area contributed by atoms with Crippen molar-refractivity contribution in [2.75, 3.05) is 6.54 Å². The van der Waals surface area contributed by atoms with E-state index in [-0.39, 0.29) is 12.5 Å². The summed E-state index contributed by atoms with van der Waals surface area (Å²) in [5.41, 5.74) is -0.103. The van der Waals surface area contributed by atoms with Crippen molar-refractivity contribution in [2.24, 2.45) is 0 Å². The maximum absolute atomic E-state index is 12.0. The van der Waals surface area contributed by atoms with E-state index in [2.05, 4.69) is 21.2 Å². The Balaban J connectivity index is 2.71. The van der Waals surface area contributed by atoms with Crippen LogP contribution in [0.5, 0.6) is 0 Å². The number of benzene rings is 1. The Kier molecular flexibility index (Phi) is 5.08. The van der Waals surface area contributed by atoms with E-state index < -0.39 is 18.0 Å². The molecule has 1 aromatic carbocycles. The first-order valence-electron chi connectivity index (χ1n) is 5.70. The topological polar surface area (TPSA) is 86.6 Å². The predicted octanol–water partition coefficient (Wildman–Crippen LogP) is 1.71. The van der Waals surface area contributed by atoms with Gasteiger partial charge in [0.05, 0.1) is 17.6 Å². The number of hydrogen-bond acceptors (Lipinski definition) is 3. The van der Waals surface area contributed by atoms with Crippen LogP contribution < -0.4 is 5.32 Å². The molecular formula is C13H16BrNO4. The van der Waals surface area contributed by atoms with Crippen LogP contribution in [0.3, 0.4) is 0 Å². The van der Waals surface area contributed by atoms with Crippen LogP contribution in [-0.2, 0) is 4.79 Å². The first-order valence-corrected chi connectivity index (χ1v) is 6.50. The molecule has 1 rings (SSSR count). The molecule has 19 heavy (non-hydrogen) atoms. The van der Waals surface area contributed by atoms with E-state index in [0.717, 1.165) is 5.56 Å². The second kappa shape index (κ2) is 6.16. The summed E-state index contributed by atoms with van der Waals surface area (Å²) < 4.78 is 0.686. The molecular weight excluding hydrogens is 314 g/mol. The lowest BCUT2D eigenvalue weighted by Gasteiger charge is -2.21. The minimum absolute atomic E-state index is 0.126. The third-order valence-electron chi connectivity index (χ3n) is 2.60. The number of carbonyl (C=O) groups is 2. The number of nitrogens with one attached hydrogen (secondary N) is 1. The van der Waals surface area contributed by atoms with Gasteiger partial charge in [-0.1, -0.05) is 12.1 Å². The number of amides is 1. The molecule has 0 bridgehead atoms. The smallest absolute Gasteiger partial charge is 0.306 e. The summed E-state index contributed by atoms with van der Waals surface area (Å²) in [4.78, 5) is 22.5. The zero-order valence-electron chi connectivity index (χ0n) is 10.7. The van der Waals surface area contributed by atoms with Gasteiger partial charge in [0.25, 0.3) is 5.91 Å². The Hall–Kier alpha value is -1.40. The first-order chi connectivity index (χ1) is 8.73. The molecule has 0 fully saturated rings. The third kappa shape index (κ3) is 4.65. The number of carboxylic acids is 1. The standard InChI is InChI=1S/C13H16BrNO4/c1-8-4-3-5-9(11(8)14)12(18)15-7-13(2,19)6-10(16)17/h3-5,19H,6-7H2,1-2H3,(H,15,18)(H,16,17). The molecule has 1 aromatic rings. The summed E-state index contributed by atoms with van der Waals surface area (Å²) in [6.45, 7) is 3.10. The first kappa shape index (κ1) is 15.7. The number of aliphatic hydroxyl groups is 1. The van der Waals surface area contributed by atoms with E-state index in [9.17, 15) is 14.7 Å². The number of halogens is 1. The fraction of sp³-hybridized carbons (Fsp3) is 0.385. The van der Waals surface area contributed by atoms with Gasteiger partial charge in [-0.25, -0.2) is 0 Å². The Labute approximate surface area is 119 Å². The lowest BCUT2D eigenvalue weighted by Crippen LogP contribution is -2.42. The van der Waals surface area contributed by atoms with Crippen LogP contribution in [0.15, 0.2) is 22.7 Å². The van der Waals surface area contributed by atoms with Crippen molar-refractivity contribution in [3.63, 3.8) is 0 Å². The van der Waals surface area contributed by atoms with E-state index in [0.29, 0.717) is 10.0 Å². The molecule has 0 radical (unpaired) electrons. The average Bonchev–Trinajstić information content (AvgIpc) is 2.28. The van der Waals surface area contributed by atoms with Crippen molar-refractivity contribution in [3.05, 3.63) is 33.8 Å². The molecule has 0 aliphatic carbocycles. The molecule has 0 aliphatic heterocycles. The number of carboxylic acid groups (broad SMARTS) is 1. The van der Waals surface area contributed by atoms with Gasteiger partial charge >= 0.3 is 5.97 Å². The SMILES string of the molecule is Cc1cccc(C(=O)NCC(C)(O)CC(=O)O)c1Br. The van der Waals surface area contributed by atoms with Gasteiger partial charge in [-0.15, -0.1) is 0 Å². The lowest BCUT2D eigenvalue weighted by molar-refractivity contribution is -0.141. The van der Waals surface area contributed by atoms with Crippen LogP contribution in [0.4, 0.5) is 0 Å². The van der Waals surface area contributed by atoms with Gasteiger partial charge in [-0.3, -0.25) is 9.59 Å². The summed E-state index contributed by atoms with van der Waals surface area (Å²) in [5, 5.41) is 21.0. The molecule has 0 heterocycles. The van der Waals surface area contributed by atoms with E-state index in [4.69, 9.17) is 5.11 Å². The molecule has 6 heteroatoms. The van der Waals surface area contributed by atoms with E-state index in [1.54, 1.807) is 12.1 Å². The van der Waals surface area contributed by atoms with Crippen molar-refractivity contribution >= 4 is 27.8 Å². The molecule has 1 atom stereocenters. The summed E-state index contributed by atoms with van der Waals surface area (Å²) >= 11 is 3.32. The van der Waals surface area contributed by atoms with Gasteiger partial charge in [0, 0.05) is 11.0 Å². The lowest BCUT2D eigenvalue weighted by atomic mass is 10.0. The number of aliphatic carboxylic acids is 1. The highest BCUT2D eigenvalue weighted by Crippen LogP contribution is 2.21. The molecule has 1 amide bonds. The van der Waals surface area contributed by atoms with E-state index >= 15 is 0 Å². The molecule has 3 N–H and O–H groups in total. The highest BCUT2D eigenvalue weighted by atomic mass is 79.9. The van der Waals surface area contributed by atoms with Crippen LogP contribution in [0.25, 0.3) is 0 Å². The van der Waals surface area contributed by atoms with Crippen LogP contribution in [-0.4, -0.2) is 34.2 Å². The number of hydrogen-bond donors (Lipinski definition) is 3. The predicted molar refractivity (Wildman–Crippen MR) is 74.1 cm³/mol. The second-order valence-corrected chi connectivity index (χ2v) is 5.48. The molecule has 0 spiro atoms.